The summed E-state index contributed by atoms with van der Waals surface area (Å²) in [7, 11) is 0. The van der Waals surface area contributed by atoms with Crippen molar-refractivity contribution < 1.29 is 9.84 Å². The van der Waals surface area contributed by atoms with Gasteiger partial charge in [-0.2, -0.15) is 0 Å². The molecule has 3 heteroatoms. The van der Waals surface area contributed by atoms with Crippen molar-refractivity contribution in [1.29, 1.82) is 0 Å². The first-order valence-corrected chi connectivity index (χ1v) is 7.31. The van der Waals surface area contributed by atoms with Crippen LogP contribution >= 0.6 is 0 Å². The summed E-state index contributed by atoms with van der Waals surface area (Å²) in [4.78, 5) is 2.47. The highest BCUT2D eigenvalue weighted by Crippen LogP contribution is 2.31. The minimum Gasteiger partial charge on any atom is -0.391 e. The molecule has 0 spiro atoms. The lowest BCUT2D eigenvalue weighted by molar-refractivity contribution is 0.000809. The summed E-state index contributed by atoms with van der Waals surface area (Å²) in [5, 5.41) is 10.2. The predicted octanol–water partition coefficient (Wildman–Crippen LogP) is 2.04. The van der Waals surface area contributed by atoms with E-state index >= 15 is 0 Å². The minimum atomic E-state index is -0.110. The van der Waals surface area contributed by atoms with Crippen LogP contribution in [0.3, 0.4) is 0 Å². The molecule has 1 N–H and O–H groups in total. The predicted molar refractivity (Wildman–Crippen MR) is 69.1 cm³/mol. The smallest absolute Gasteiger partial charge is 0.0695 e. The number of nitrogens with zero attached hydrogens (tertiary/aromatic N) is 1. The molecule has 100 valence electrons. The lowest BCUT2D eigenvalue weighted by atomic mass is 9.80. The fourth-order valence-corrected chi connectivity index (χ4v) is 3.38. The number of aliphatic hydroxyl groups is 1. The van der Waals surface area contributed by atoms with Gasteiger partial charge in [0.25, 0.3) is 0 Å². The Morgan fingerprint density at radius 2 is 2.12 bits per heavy atom. The summed E-state index contributed by atoms with van der Waals surface area (Å²) in [6, 6.07) is 0.391. The van der Waals surface area contributed by atoms with Gasteiger partial charge in [0.1, 0.15) is 0 Å². The minimum absolute atomic E-state index is 0.110. The second-order valence-corrected chi connectivity index (χ2v) is 5.60. The maximum Gasteiger partial charge on any atom is 0.0695 e. The number of rotatable bonds is 3. The molecule has 17 heavy (non-hydrogen) atoms. The zero-order valence-corrected chi connectivity index (χ0v) is 11.1. The first-order chi connectivity index (χ1) is 8.31. The summed E-state index contributed by atoms with van der Waals surface area (Å²) in [6.45, 7) is 6.08. The molecule has 1 aliphatic heterocycles. The first kappa shape index (κ1) is 13.3. The molecule has 1 saturated heterocycles. The van der Waals surface area contributed by atoms with Gasteiger partial charge in [-0.15, -0.1) is 0 Å². The number of hydrogen-bond acceptors (Lipinski definition) is 3. The Kier molecular flexibility index (Phi) is 5.26. The second kappa shape index (κ2) is 6.72. The van der Waals surface area contributed by atoms with E-state index in [0.717, 1.165) is 45.1 Å². The largest absolute Gasteiger partial charge is 0.391 e. The van der Waals surface area contributed by atoms with E-state index in [1.165, 1.54) is 25.7 Å². The molecule has 3 atom stereocenters. The van der Waals surface area contributed by atoms with E-state index < -0.39 is 0 Å². The second-order valence-electron chi connectivity index (χ2n) is 5.60. The Bertz CT molecular complexity index is 214. The third-order valence-corrected chi connectivity index (χ3v) is 4.31. The molecule has 0 radical (unpaired) electrons. The van der Waals surface area contributed by atoms with Crippen LogP contribution < -0.4 is 0 Å². The highest BCUT2D eigenvalue weighted by atomic mass is 16.5. The average molecular weight is 241 g/mol. The summed E-state index contributed by atoms with van der Waals surface area (Å²) in [6.07, 6.45) is 7.00. The zero-order chi connectivity index (χ0) is 12.1. The van der Waals surface area contributed by atoms with Crippen molar-refractivity contribution in [1.82, 2.24) is 4.90 Å². The van der Waals surface area contributed by atoms with Crippen molar-refractivity contribution >= 4 is 0 Å². The Hall–Kier alpha value is -0.120. The molecule has 2 rings (SSSR count). The van der Waals surface area contributed by atoms with Crippen LogP contribution in [-0.2, 0) is 4.74 Å². The molecule has 0 bridgehead atoms. The summed E-state index contributed by atoms with van der Waals surface area (Å²) >= 11 is 0. The Morgan fingerprint density at radius 1 is 1.24 bits per heavy atom. The van der Waals surface area contributed by atoms with Gasteiger partial charge in [0, 0.05) is 25.7 Å². The monoisotopic (exact) mass is 241 g/mol. The molecule has 2 fully saturated rings. The molecular formula is C14H27NO2. The molecule has 0 aromatic carbocycles. The van der Waals surface area contributed by atoms with Crippen LogP contribution in [0, 0.1) is 5.92 Å². The third kappa shape index (κ3) is 3.67. The van der Waals surface area contributed by atoms with E-state index in [2.05, 4.69) is 11.8 Å². The van der Waals surface area contributed by atoms with Crippen molar-refractivity contribution in [2.45, 2.75) is 57.6 Å². The van der Waals surface area contributed by atoms with Gasteiger partial charge in [0.2, 0.25) is 0 Å². The fraction of sp³-hybridized carbons (Fsp3) is 1.00. The van der Waals surface area contributed by atoms with Crippen LogP contribution in [-0.4, -0.2) is 48.5 Å². The van der Waals surface area contributed by atoms with Gasteiger partial charge in [-0.05, 0) is 31.6 Å². The van der Waals surface area contributed by atoms with Gasteiger partial charge in [0.15, 0.2) is 0 Å². The van der Waals surface area contributed by atoms with Gasteiger partial charge < -0.3 is 9.84 Å². The zero-order valence-electron chi connectivity index (χ0n) is 11.1. The standard InChI is InChI=1S/C14H27NO2/c1-2-4-12-5-6-14(16)13(11-12)15-7-3-9-17-10-8-15/h12-14,16H,2-11H2,1H3. The Balaban J connectivity index is 1.91. The van der Waals surface area contributed by atoms with Crippen molar-refractivity contribution in [3.8, 4) is 0 Å². The highest BCUT2D eigenvalue weighted by molar-refractivity contribution is 4.87. The maximum absolute atomic E-state index is 10.2. The van der Waals surface area contributed by atoms with Gasteiger partial charge in [-0.25, -0.2) is 0 Å². The maximum atomic E-state index is 10.2. The van der Waals surface area contributed by atoms with E-state index in [1.54, 1.807) is 0 Å². The molecule has 3 nitrogen and oxygen atoms in total. The van der Waals surface area contributed by atoms with Crippen molar-refractivity contribution in [2.24, 2.45) is 5.92 Å². The normalized spacial score (nSPS) is 36.7. The summed E-state index contributed by atoms with van der Waals surface area (Å²) < 4.78 is 5.50. The topological polar surface area (TPSA) is 32.7 Å². The molecular weight excluding hydrogens is 214 g/mol. The van der Waals surface area contributed by atoms with Crippen LogP contribution in [0.1, 0.15) is 45.4 Å². The van der Waals surface area contributed by atoms with Gasteiger partial charge >= 0.3 is 0 Å². The van der Waals surface area contributed by atoms with Crippen LogP contribution in [0.25, 0.3) is 0 Å². The molecule has 3 unspecified atom stereocenters. The third-order valence-electron chi connectivity index (χ3n) is 4.31. The van der Waals surface area contributed by atoms with Crippen LogP contribution in [0.5, 0.6) is 0 Å². The van der Waals surface area contributed by atoms with E-state index in [9.17, 15) is 5.11 Å². The molecule has 0 amide bonds. The van der Waals surface area contributed by atoms with Crippen LogP contribution in [0.15, 0.2) is 0 Å². The highest BCUT2D eigenvalue weighted by Gasteiger charge is 2.33. The lowest BCUT2D eigenvalue weighted by Gasteiger charge is -2.40. The Morgan fingerprint density at radius 3 is 2.94 bits per heavy atom. The van der Waals surface area contributed by atoms with Crippen LogP contribution in [0.4, 0.5) is 0 Å². The summed E-state index contributed by atoms with van der Waals surface area (Å²) in [5.74, 6) is 0.831. The van der Waals surface area contributed by atoms with Crippen LogP contribution in [0.2, 0.25) is 0 Å². The first-order valence-electron chi connectivity index (χ1n) is 7.31. The van der Waals surface area contributed by atoms with Crippen molar-refractivity contribution in [3.63, 3.8) is 0 Å². The fourth-order valence-electron chi connectivity index (χ4n) is 3.38. The van der Waals surface area contributed by atoms with Crippen molar-refractivity contribution in [3.05, 3.63) is 0 Å². The van der Waals surface area contributed by atoms with Gasteiger partial charge in [-0.1, -0.05) is 19.8 Å². The summed E-state index contributed by atoms with van der Waals surface area (Å²) in [5.41, 5.74) is 0. The average Bonchev–Trinajstić information content (AvgIpc) is 2.60. The number of aliphatic hydroxyl groups excluding tert-OH is 1. The SMILES string of the molecule is CCCC1CCC(O)C(N2CCCOCC2)C1. The molecule has 0 aromatic heterocycles. The quantitative estimate of drug-likeness (QED) is 0.821. The van der Waals surface area contributed by atoms with Crippen molar-refractivity contribution in [2.75, 3.05) is 26.3 Å². The van der Waals surface area contributed by atoms with Gasteiger partial charge in [0.05, 0.1) is 12.7 Å². The molecule has 1 heterocycles. The van der Waals surface area contributed by atoms with E-state index in [-0.39, 0.29) is 6.10 Å². The lowest BCUT2D eigenvalue weighted by Crippen LogP contribution is -2.48. The number of ether oxygens (including phenoxy) is 1. The van der Waals surface area contributed by atoms with E-state index in [0.29, 0.717) is 6.04 Å². The Labute approximate surface area is 105 Å². The molecule has 0 aromatic rings. The number of hydrogen-bond donors (Lipinski definition) is 1. The van der Waals surface area contributed by atoms with Gasteiger partial charge in [-0.3, -0.25) is 4.90 Å². The van der Waals surface area contributed by atoms with E-state index in [4.69, 9.17) is 4.74 Å². The van der Waals surface area contributed by atoms with E-state index in [1.807, 2.05) is 0 Å². The molecule has 1 saturated carbocycles. The molecule has 2 aliphatic rings. The molecule has 1 aliphatic carbocycles.